The van der Waals surface area contributed by atoms with Crippen LogP contribution in [0.1, 0.15) is 25.8 Å². The van der Waals surface area contributed by atoms with E-state index < -0.39 is 27.6 Å². The number of carbonyl (C=O) groups excluding carboxylic acids is 1. The number of carbonyl (C=O) groups is 1. The first-order valence-electron chi connectivity index (χ1n) is 8.63. The molecular weight excluding hydrogens is 364 g/mol. The molecule has 0 aliphatic rings. The summed E-state index contributed by atoms with van der Waals surface area (Å²) in [4.78, 5) is 12.4. The molecule has 0 spiro atoms. The molecule has 2 N–H and O–H groups in total. The van der Waals surface area contributed by atoms with Crippen LogP contribution in [-0.4, -0.2) is 37.4 Å². The van der Waals surface area contributed by atoms with Crippen LogP contribution in [0.3, 0.4) is 0 Å². The molecule has 1 atom stereocenters. The number of hydrogen-bond donors (Lipinski definition) is 1. The molecular formula is C20H26N2O4S. The third kappa shape index (κ3) is 5.38. The molecule has 0 aliphatic heterocycles. The van der Waals surface area contributed by atoms with E-state index in [4.69, 9.17) is 10.5 Å². The highest BCUT2D eigenvalue weighted by molar-refractivity contribution is 7.89. The van der Waals surface area contributed by atoms with E-state index in [2.05, 4.69) is 0 Å². The van der Waals surface area contributed by atoms with Gasteiger partial charge < -0.3 is 10.5 Å². The summed E-state index contributed by atoms with van der Waals surface area (Å²) in [7, 11) is -2.43. The summed E-state index contributed by atoms with van der Waals surface area (Å²) in [5.41, 5.74) is 5.67. The largest absolute Gasteiger partial charge is 0.379 e. The maximum absolute atomic E-state index is 13.3. The van der Waals surface area contributed by atoms with Gasteiger partial charge in [-0.2, -0.15) is 4.31 Å². The van der Waals surface area contributed by atoms with Crippen molar-refractivity contribution in [3.63, 3.8) is 0 Å². The Morgan fingerprint density at radius 3 is 2.07 bits per heavy atom. The van der Waals surface area contributed by atoms with Gasteiger partial charge in [0.15, 0.2) is 0 Å². The number of benzene rings is 2. The smallest absolute Gasteiger partial charge is 0.244 e. The summed E-state index contributed by atoms with van der Waals surface area (Å²) in [5, 5.41) is 0. The van der Waals surface area contributed by atoms with Crippen LogP contribution in [0.2, 0.25) is 0 Å². The van der Waals surface area contributed by atoms with Crippen LogP contribution in [0, 0.1) is 0 Å². The molecule has 0 aromatic heterocycles. The van der Waals surface area contributed by atoms with Crippen molar-refractivity contribution in [3.05, 3.63) is 66.2 Å². The molecule has 0 bridgehead atoms. The number of methoxy groups -OCH3 is 1. The second-order valence-corrected chi connectivity index (χ2v) is 8.83. The minimum Gasteiger partial charge on any atom is -0.379 e. The minimum absolute atomic E-state index is 0.0332. The van der Waals surface area contributed by atoms with Gasteiger partial charge in [-0.25, -0.2) is 8.42 Å². The summed E-state index contributed by atoms with van der Waals surface area (Å²) in [5.74, 6) is -0.712. The zero-order valence-corrected chi connectivity index (χ0v) is 16.6. The van der Waals surface area contributed by atoms with Gasteiger partial charge in [0, 0.05) is 20.1 Å². The van der Waals surface area contributed by atoms with Crippen LogP contribution in [0.5, 0.6) is 0 Å². The number of ether oxygens (including phenoxy) is 1. The molecule has 6 nitrogen and oxygen atoms in total. The van der Waals surface area contributed by atoms with Crippen LogP contribution in [-0.2, 0) is 26.1 Å². The summed E-state index contributed by atoms with van der Waals surface area (Å²) in [6.07, 6.45) is 0.137. The molecule has 2 aromatic carbocycles. The lowest BCUT2D eigenvalue weighted by Gasteiger charge is -2.34. The first-order valence-corrected chi connectivity index (χ1v) is 10.1. The van der Waals surface area contributed by atoms with Crippen molar-refractivity contribution in [1.29, 1.82) is 0 Å². The molecule has 0 saturated heterocycles. The van der Waals surface area contributed by atoms with Crippen LogP contribution in [0.4, 0.5) is 0 Å². The highest BCUT2D eigenvalue weighted by Gasteiger charge is 2.38. The van der Waals surface area contributed by atoms with E-state index in [9.17, 15) is 13.2 Å². The summed E-state index contributed by atoms with van der Waals surface area (Å²) in [6, 6.07) is 16.1. The summed E-state index contributed by atoms with van der Waals surface area (Å²) in [6.45, 7) is 3.61. The van der Waals surface area contributed by atoms with Gasteiger partial charge in [0.05, 0.1) is 10.5 Å². The number of nitrogens with zero attached hydrogens (tertiary/aromatic N) is 1. The number of amides is 1. The van der Waals surface area contributed by atoms with Crippen molar-refractivity contribution in [2.45, 2.75) is 43.4 Å². The van der Waals surface area contributed by atoms with Gasteiger partial charge >= 0.3 is 0 Å². The molecule has 1 unspecified atom stereocenters. The predicted molar refractivity (Wildman–Crippen MR) is 104 cm³/mol. The van der Waals surface area contributed by atoms with Gasteiger partial charge in [-0.1, -0.05) is 48.5 Å². The van der Waals surface area contributed by atoms with E-state index in [1.165, 1.54) is 23.5 Å². The third-order valence-electron chi connectivity index (χ3n) is 4.44. The van der Waals surface area contributed by atoms with E-state index >= 15 is 0 Å². The van der Waals surface area contributed by atoms with Crippen molar-refractivity contribution in [2.24, 2.45) is 5.73 Å². The molecule has 146 valence electrons. The highest BCUT2D eigenvalue weighted by Crippen LogP contribution is 2.26. The van der Waals surface area contributed by atoms with E-state index in [0.29, 0.717) is 0 Å². The Morgan fingerprint density at radius 1 is 1.07 bits per heavy atom. The molecule has 2 aromatic rings. The van der Waals surface area contributed by atoms with Crippen molar-refractivity contribution in [2.75, 3.05) is 7.11 Å². The average molecular weight is 391 g/mol. The van der Waals surface area contributed by atoms with Gasteiger partial charge in [0.2, 0.25) is 15.9 Å². The molecule has 1 amide bonds. The van der Waals surface area contributed by atoms with E-state index in [0.717, 1.165) is 5.56 Å². The fraction of sp³-hybridized carbons (Fsp3) is 0.350. The zero-order chi connectivity index (χ0) is 20.1. The topological polar surface area (TPSA) is 89.7 Å². The standard InChI is InChI=1S/C20H26N2O4S/c1-20(2,26-3)14-18(19(21)23)22(15-16-10-6-4-7-11-16)27(24,25)17-12-8-5-9-13-17/h4-13,18H,14-15H2,1-3H3,(H2,21,23). The second kappa shape index (κ2) is 8.65. The molecule has 2 rings (SSSR count). The molecule has 0 radical (unpaired) electrons. The number of primary amides is 1. The van der Waals surface area contributed by atoms with Crippen molar-refractivity contribution < 1.29 is 17.9 Å². The summed E-state index contributed by atoms with van der Waals surface area (Å²) < 4.78 is 33.2. The Kier molecular flexibility index (Phi) is 6.75. The number of sulfonamides is 1. The lowest BCUT2D eigenvalue weighted by molar-refractivity contribution is -0.124. The molecule has 0 heterocycles. The van der Waals surface area contributed by atoms with Gasteiger partial charge in [-0.15, -0.1) is 0 Å². The lowest BCUT2D eigenvalue weighted by Crippen LogP contribution is -2.50. The van der Waals surface area contributed by atoms with E-state index in [-0.39, 0.29) is 17.9 Å². The monoisotopic (exact) mass is 390 g/mol. The van der Waals surface area contributed by atoms with Gasteiger partial charge in [-0.3, -0.25) is 4.79 Å². The van der Waals surface area contributed by atoms with Crippen molar-refractivity contribution >= 4 is 15.9 Å². The van der Waals surface area contributed by atoms with Crippen molar-refractivity contribution in [3.8, 4) is 0 Å². The molecule has 0 aliphatic carbocycles. The van der Waals surface area contributed by atoms with Crippen LogP contribution in [0.25, 0.3) is 0 Å². The van der Waals surface area contributed by atoms with Crippen molar-refractivity contribution in [1.82, 2.24) is 4.31 Å². The fourth-order valence-electron chi connectivity index (χ4n) is 2.75. The fourth-order valence-corrected chi connectivity index (χ4v) is 4.35. The van der Waals surface area contributed by atoms with Crippen LogP contribution in [0.15, 0.2) is 65.6 Å². The number of rotatable bonds is 9. The first kappa shape index (κ1) is 21.1. The van der Waals surface area contributed by atoms with Gasteiger partial charge in [-0.05, 0) is 31.5 Å². The Balaban J connectivity index is 2.52. The Morgan fingerprint density at radius 2 is 1.59 bits per heavy atom. The third-order valence-corrected chi connectivity index (χ3v) is 6.31. The highest BCUT2D eigenvalue weighted by atomic mass is 32.2. The number of hydrogen-bond acceptors (Lipinski definition) is 4. The quantitative estimate of drug-likeness (QED) is 0.712. The Bertz CT molecular complexity index is 852. The number of nitrogens with two attached hydrogens (primary N) is 1. The maximum Gasteiger partial charge on any atom is 0.244 e. The minimum atomic E-state index is -3.95. The van der Waals surface area contributed by atoms with E-state index in [1.54, 1.807) is 32.0 Å². The molecule has 0 fully saturated rings. The second-order valence-electron chi connectivity index (χ2n) is 6.94. The van der Waals surface area contributed by atoms with Crippen LogP contribution >= 0.6 is 0 Å². The Hall–Kier alpha value is -2.22. The molecule has 7 heteroatoms. The zero-order valence-electron chi connectivity index (χ0n) is 15.8. The lowest BCUT2D eigenvalue weighted by atomic mass is 9.98. The Labute approximate surface area is 161 Å². The predicted octanol–water partition coefficient (Wildman–Crippen LogP) is 2.55. The molecule has 27 heavy (non-hydrogen) atoms. The first-order chi connectivity index (χ1) is 12.7. The average Bonchev–Trinajstić information content (AvgIpc) is 2.66. The van der Waals surface area contributed by atoms with Gasteiger partial charge in [0.1, 0.15) is 6.04 Å². The SMILES string of the molecule is COC(C)(C)CC(C(N)=O)N(Cc1ccccc1)S(=O)(=O)c1ccccc1. The maximum atomic E-state index is 13.3. The van der Waals surface area contributed by atoms with E-state index in [1.807, 2.05) is 30.3 Å². The van der Waals surface area contributed by atoms with Gasteiger partial charge in [0.25, 0.3) is 0 Å². The van der Waals surface area contributed by atoms with Crippen LogP contribution < -0.4 is 5.73 Å². The summed E-state index contributed by atoms with van der Waals surface area (Å²) >= 11 is 0. The molecule has 0 saturated carbocycles. The normalized spacial score (nSPS) is 13.5.